The lowest BCUT2D eigenvalue weighted by atomic mass is 10.0. The van der Waals surface area contributed by atoms with E-state index in [0.717, 1.165) is 11.1 Å². The van der Waals surface area contributed by atoms with Crippen LogP contribution in [0.5, 0.6) is 5.75 Å². The highest BCUT2D eigenvalue weighted by Crippen LogP contribution is 2.35. The molecule has 3 rings (SSSR count). The first-order valence-corrected chi connectivity index (χ1v) is 9.06. The molecule has 0 spiro atoms. The molecule has 24 heavy (non-hydrogen) atoms. The van der Waals surface area contributed by atoms with Crippen LogP contribution in [0.1, 0.15) is 6.42 Å². The number of benzene rings is 2. The summed E-state index contributed by atoms with van der Waals surface area (Å²) in [6, 6.07) is 14.9. The number of nitrogens with zero attached hydrogens (tertiary/aromatic N) is 1. The van der Waals surface area contributed by atoms with Gasteiger partial charge in [-0.05, 0) is 23.8 Å². The Bertz CT molecular complexity index is 880. The van der Waals surface area contributed by atoms with Gasteiger partial charge in [0, 0.05) is 18.5 Å². The maximum absolute atomic E-state index is 12.3. The van der Waals surface area contributed by atoms with E-state index in [0.29, 0.717) is 11.4 Å². The Hall–Kier alpha value is -2.38. The van der Waals surface area contributed by atoms with Gasteiger partial charge in [0.05, 0.1) is 12.8 Å². The predicted molar refractivity (Wildman–Crippen MR) is 92.3 cm³/mol. The molecule has 1 unspecified atom stereocenters. The zero-order valence-corrected chi connectivity index (χ0v) is 14.0. The smallest absolute Gasteiger partial charge is 0.228 e. The van der Waals surface area contributed by atoms with Crippen molar-refractivity contribution in [3.05, 3.63) is 48.5 Å². The van der Waals surface area contributed by atoms with Gasteiger partial charge >= 0.3 is 0 Å². The maximum Gasteiger partial charge on any atom is 0.228 e. The van der Waals surface area contributed by atoms with Crippen molar-refractivity contribution in [3.63, 3.8) is 0 Å². The Morgan fingerprint density at radius 3 is 2.58 bits per heavy atom. The molecule has 0 aliphatic carbocycles. The summed E-state index contributed by atoms with van der Waals surface area (Å²) >= 11 is 0. The van der Waals surface area contributed by atoms with Gasteiger partial charge in [0.15, 0.2) is 0 Å². The molecule has 1 aliphatic heterocycles. The van der Waals surface area contributed by atoms with Crippen molar-refractivity contribution in [3.8, 4) is 16.9 Å². The largest absolute Gasteiger partial charge is 0.497 e. The number of anilines is 1. The molecule has 1 heterocycles. The van der Waals surface area contributed by atoms with Gasteiger partial charge in [-0.15, -0.1) is 0 Å². The number of amides is 1. The number of para-hydroxylation sites is 1. The lowest BCUT2D eigenvalue weighted by Gasteiger charge is -2.20. The Balaban J connectivity index is 2.02. The van der Waals surface area contributed by atoms with Crippen LogP contribution in [-0.2, 0) is 14.8 Å². The van der Waals surface area contributed by atoms with Crippen molar-refractivity contribution in [1.82, 2.24) is 0 Å². The van der Waals surface area contributed by atoms with Gasteiger partial charge in [0.1, 0.15) is 11.0 Å². The molecule has 1 aliphatic rings. The van der Waals surface area contributed by atoms with E-state index in [1.165, 1.54) is 4.90 Å². The second-order valence-corrected chi connectivity index (χ2v) is 7.51. The van der Waals surface area contributed by atoms with Gasteiger partial charge in [0.25, 0.3) is 0 Å². The Morgan fingerprint density at radius 1 is 1.17 bits per heavy atom. The first-order chi connectivity index (χ1) is 11.4. The molecule has 2 aromatic rings. The highest BCUT2D eigenvalue weighted by atomic mass is 32.2. The molecule has 0 bridgehead atoms. The summed E-state index contributed by atoms with van der Waals surface area (Å²) in [6.45, 7) is 0.0681. The average molecular weight is 346 g/mol. The van der Waals surface area contributed by atoms with Crippen LogP contribution in [0.15, 0.2) is 48.5 Å². The number of carbonyl (C=O) groups excluding carboxylic acids is 1. The van der Waals surface area contributed by atoms with Crippen molar-refractivity contribution in [2.45, 2.75) is 11.7 Å². The molecule has 1 atom stereocenters. The van der Waals surface area contributed by atoms with Crippen molar-refractivity contribution < 1.29 is 17.9 Å². The molecule has 1 fully saturated rings. The SMILES string of the molecule is COc1cccc(-c2ccccc2N2CC(S(N)(=O)=O)CC2=O)c1. The van der Waals surface area contributed by atoms with Crippen molar-refractivity contribution in [1.29, 1.82) is 0 Å². The number of ether oxygens (including phenoxy) is 1. The fourth-order valence-corrected chi connectivity index (χ4v) is 3.60. The molecule has 2 aromatic carbocycles. The minimum atomic E-state index is -3.75. The second kappa shape index (κ2) is 6.26. The van der Waals surface area contributed by atoms with Gasteiger partial charge < -0.3 is 9.64 Å². The van der Waals surface area contributed by atoms with Crippen LogP contribution in [-0.4, -0.2) is 33.2 Å². The van der Waals surface area contributed by atoms with E-state index in [1.807, 2.05) is 42.5 Å². The summed E-state index contributed by atoms with van der Waals surface area (Å²) in [6.07, 6.45) is -0.0920. The Labute approximate surface area is 140 Å². The monoisotopic (exact) mass is 346 g/mol. The van der Waals surface area contributed by atoms with E-state index in [9.17, 15) is 13.2 Å². The van der Waals surface area contributed by atoms with Crippen molar-refractivity contribution >= 4 is 21.6 Å². The summed E-state index contributed by atoms with van der Waals surface area (Å²) in [5.74, 6) is 0.460. The first kappa shape index (κ1) is 16.5. The average Bonchev–Trinajstić information content (AvgIpc) is 2.97. The standard InChI is InChI=1S/C17H18N2O4S/c1-23-13-6-4-5-12(9-13)15-7-2-3-8-16(15)19-11-14(10-17(19)20)24(18,21)22/h2-9,14H,10-11H2,1H3,(H2,18,21,22). The third-order valence-electron chi connectivity index (χ3n) is 4.13. The van der Waals surface area contributed by atoms with Crippen molar-refractivity contribution in [2.75, 3.05) is 18.6 Å². The fraction of sp³-hybridized carbons (Fsp3) is 0.235. The lowest BCUT2D eigenvalue weighted by Crippen LogP contribution is -2.32. The lowest BCUT2D eigenvalue weighted by molar-refractivity contribution is -0.117. The van der Waals surface area contributed by atoms with Crippen LogP contribution in [0.4, 0.5) is 5.69 Å². The van der Waals surface area contributed by atoms with E-state index in [-0.39, 0.29) is 18.9 Å². The number of rotatable bonds is 4. The van der Waals surface area contributed by atoms with Gasteiger partial charge in [-0.3, -0.25) is 4.79 Å². The summed E-state index contributed by atoms with van der Waals surface area (Å²) in [7, 11) is -2.16. The number of methoxy groups -OCH3 is 1. The molecule has 0 saturated carbocycles. The number of hydrogen-bond acceptors (Lipinski definition) is 4. The van der Waals surface area contributed by atoms with E-state index in [2.05, 4.69) is 0 Å². The van der Waals surface area contributed by atoms with Crippen LogP contribution < -0.4 is 14.8 Å². The minimum absolute atomic E-state index is 0.0681. The normalized spacial score (nSPS) is 18.0. The predicted octanol–water partition coefficient (Wildman–Crippen LogP) is 1.76. The molecular weight excluding hydrogens is 328 g/mol. The van der Waals surface area contributed by atoms with E-state index in [4.69, 9.17) is 9.88 Å². The molecular formula is C17H18N2O4S. The molecule has 7 heteroatoms. The molecule has 1 saturated heterocycles. The van der Waals surface area contributed by atoms with Gasteiger partial charge in [-0.1, -0.05) is 30.3 Å². The fourth-order valence-electron chi connectivity index (χ4n) is 2.87. The number of hydrogen-bond donors (Lipinski definition) is 1. The summed E-state index contributed by atoms with van der Waals surface area (Å²) < 4.78 is 28.4. The number of nitrogens with two attached hydrogens (primary N) is 1. The quantitative estimate of drug-likeness (QED) is 0.913. The maximum atomic E-state index is 12.3. The van der Waals surface area contributed by atoms with Crippen LogP contribution in [0.25, 0.3) is 11.1 Å². The van der Waals surface area contributed by atoms with Crippen LogP contribution >= 0.6 is 0 Å². The third kappa shape index (κ3) is 3.13. The molecule has 126 valence electrons. The van der Waals surface area contributed by atoms with Gasteiger partial charge in [-0.2, -0.15) is 0 Å². The third-order valence-corrected chi connectivity index (χ3v) is 5.37. The zero-order valence-electron chi connectivity index (χ0n) is 13.2. The minimum Gasteiger partial charge on any atom is -0.497 e. The topological polar surface area (TPSA) is 89.7 Å². The molecule has 2 N–H and O–H groups in total. The number of primary sulfonamides is 1. The molecule has 0 radical (unpaired) electrons. The molecule has 6 nitrogen and oxygen atoms in total. The Kier molecular flexibility index (Phi) is 4.29. The zero-order chi connectivity index (χ0) is 17.3. The van der Waals surface area contributed by atoms with Gasteiger partial charge in [-0.25, -0.2) is 13.6 Å². The van der Waals surface area contributed by atoms with E-state index < -0.39 is 15.3 Å². The summed E-state index contributed by atoms with van der Waals surface area (Å²) in [5, 5.41) is 4.34. The number of sulfonamides is 1. The number of carbonyl (C=O) groups is 1. The van der Waals surface area contributed by atoms with Crippen molar-refractivity contribution in [2.24, 2.45) is 5.14 Å². The van der Waals surface area contributed by atoms with Crippen LogP contribution in [0.2, 0.25) is 0 Å². The molecule has 1 amide bonds. The highest BCUT2D eigenvalue weighted by Gasteiger charge is 2.37. The van der Waals surface area contributed by atoms with Crippen LogP contribution in [0.3, 0.4) is 0 Å². The van der Waals surface area contributed by atoms with E-state index in [1.54, 1.807) is 13.2 Å². The highest BCUT2D eigenvalue weighted by molar-refractivity contribution is 7.89. The molecule has 0 aromatic heterocycles. The van der Waals surface area contributed by atoms with Crippen LogP contribution in [0, 0.1) is 0 Å². The second-order valence-electron chi connectivity index (χ2n) is 5.67. The first-order valence-electron chi connectivity index (χ1n) is 7.45. The summed E-state index contributed by atoms with van der Waals surface area (Å²) in [5.41, 5.74) is 2.39. The summed E-state index contributed by atoms with van der Waals surface area (Å²) in [4.78, 5) is 13.8. The Morgan fingerprint density at radius 2 is 1.92 bits per heavy atom. The van der Waals surface area contributed by atoms with Gasteiger partial charge in [0.2, 0.25) is 15.9 Å². The van der Waals surface area contributed by atoms with E-state index >= 15 is 0 Å².